The first-order valence-electron chi connectivity index (χ1n) is 10.9. The van der Waals surface area contributed by atoms with Gasteiger partial charge in [0.05, 0.1) is 6.04 Å². The molecule has 1 heterocycles. The predicted molar refractivity (Wildman–Crippen MR) is 102 cm³/mol. The van der Waals surface area contributed by atoms with Gasteiger partial charge in [-0.05, 0) is 57.3 Å². The summed E-state index contributed by atoms with van der Waals surface area (Å²) in [7, 11) is 0. The molecule has 5 atom stereocenters. The van der Waals surface area contributed by atoms with Crippen LogP contribution >= 0.6 is 0 Å². The van der Waals surface area contributed by atoms with Crippen molar-refractivity contribution in [2.75, 3.05) is 0 Å². The molecule has 2 bridgehead atoms. The number of carbonyl (C=O) groups is 3. The van der Waals surface area contributed by atoms with Crippen LogP contribution in [-0.2, 0) is 23.9 Å². The van der Waals surface area contributed by atoms with Crippen LogP contribution in [0.3, 0.4) is 0 Å². The first-order chi connectivity index (χ1) is 13.2. The lowest BCUT2D eigenvalue weighted by Crippen LogP contribution is -2.53. The van der Waals surface area contributed by atoms with Gasteiger partial charge in [-0.1, -0.05) is 27.7 Å². The molecular formula is C22H33NO5. The summed E-state index contributed by atoms with van der Waals surface area (Å²) in [5.74, 6) is -0.921. The molecule has 1 amide bonds. The Morgan fingerprint density at radius 2 is 1.93 bits per heavy atom. The van der Waals surface area contributed by atoms with Crippen molar-refractivity contribution in [2.45, 2.75) is 96.8 Å². The highest BCUT2D eigenvalue weighted by molar-refractivity contribution is 6.03. The average Bonchev–Trinajstić information content (AvgIpc) is 3.39. The van der Waals surface area contributed by atoms with Gasteiger partial charge in [0.2, 0.25) is 5.91 Å². The fourth-order valence-corrected chi connectivity index (χ4v) is 5.86. The molecule has 5 unspecified atom stereocenters. The van der Waals surface area contributed by atoms with E-state index in [1.807, 2.05) is 27.7 Å². The Kier molecular flexibility index (Phi) is 4.55. The van der Waals surface area contributed by atoms with Gasteiger partial charge in [-0.3, -0.25) is 14.4 Å². The van der Waals surface area contributed by atoms with E-state index in [1.165, 1.54) is 0 Å². The minimum Gasteiger partial charge on any atom is -0.459 e. The van der Waals surface area contributed by atoms with Gasteiger partial charge in [0.15, 0.2) is 5.41 Å². The van der Waals surface area contributed by atoms with Crippen LogP contribution in [0.2, 0.25) is 0 Å². The second kappa shape index (κ2) is 6.46. The molecule has 3 aliphatic carbocycles. The van der Waals surface area contributed by atoms with Crippen molar-refractivity contribution in [3.63, 3.8) is 0 Å². The highest BCUT2D eigenvalue weighted by atomic mass is 16.6. The van der Waals surface area contributed by atoms with E-state index in [9.17, 15) is 14.4 Å². The highest BCUT2D eigenvalue weighted by Crippen LogP contribution is 2.62. The van der Waals surface area contributed by atoms with Gasteiger partial charge in [0, 0.05) is 11.3 Å². The van der Waals surface area contributed by atoms with Crippen LogP contribution in [-0.4, -0.2) is 35.6 Å². The molecule has 1 N–H and O–H groups in total. The molecular weight excluding hydrogens is 358 g/mol. The Bertz CT molecular complexity index is 695. The zero-order valence-electron chi connectivity index (χ0n) is 17.5. The average molecular weight is 392 g/mol. The van der Waals surface area contributed by atoms with E-state index in [4.69, 9.17) is 9.47 Å². The maximum absolute atomic E-state index is 13.3. The van der Waals surface area contributed by atoms with E-state index < -0.39 is 28.5 Å². The van der Waals surface area contributed by atoms with E-state index in [2.05, 4.69) is 5.32 Å². The predicted octanol–water partition coefficient (Wildman–Crippen LogP) is 3.13. The highest BCUT2D eigenvalue weighted by Gasteiger charge is 2.75. The van der Waals surface area contributed by atoms with Gasteiger partial charge in [0.25, 0.3) is 0 Å². The monoisotopic (exact) mass is 391 g/mol. The van der Waals surface area contributed by atoms with Crippen molar-refractivity contribution in [1.29, 1.82) is 0 Å². The van der Waals surface area contributed by atoms with Gasteiger partial charge in [-0.25, -0.2) is 0 Å². The summed E-state index contributed by atoms with van der Waals surface area (Å²) in [6, 6.07) is -0.192. The summed E-state index contributed by atoms with van der Waals surface area (Å²) < 4.78 is 11.7. The number of nitrogens with one attached hydrogen (secondary N) is 1. The molecule has 0 spiro atoms. The zero-order chi connectivity index (χ0) is 20.3. The zero-order valence-corrected chi connectivity index (χ0v) is 17.5. The SMILES string of the molecule is CCC1(OC(=O)C23CC4CC2C(OC3=O)C4NC(=O)C(C)(C)CC)CCCC1. The standard InChI is InChI=1S/C22H33NO5/c1-5-20(3,4)17(24)23-15-13-11-14-16(15)27-18(25)22(14,12-13)19(26)28-21(6-2)9-7-8-10-21/h13-16H,5-12H2,1-4H3,(H,23,24). The number of rotatable bonds is 6. The minimum atomic E-state index is -1.15. The molecule has 28 heavy (non-hydrogen) atoms. The number of hydrogen-bond acceptors (Lipinski definition) is 5. The summed E-state index contributed by atoms with van der Waals surface area (Å²) in [4.78, 5) is 38.8. The van der Waals surface area contributed by atoms with Crippen LogP contribution in [0.1, 0.15) is 79.1 Å². The lowest BCUT2D eigenvalue weighted by Gasteiger charge is -2.36. The van der Waals surface area contributed by atoms with Gasteiger partial charge >= 0.3 is 11.9 Å². The summed E-state index contributed by atoms with van der Waals surface area (Å²) in [5.41, 5.74) is -2.02. The molecule has 0 aromatic carbocycles. The Labute approximate surface area is 167 Å². The fourth-order valence-electron chi connectivity index (χ4n) is 5.86. The van der Waals surface area contributed by atoms with E-state index in [0.717, 1.165) is 44.9 Å². The van der Waals surface area contributed by atoms with E-state index in [0.29, 0.717) is 6.42 Å². The van der Waals surface area contributed by atoms with Crippen molar-refractivity contribution in [1.82, 2.24) is 5.32 Å². The largest absolute Gasteiger partial charge is 0.459 e. The third kappa shape index (κ3) is 2.62. The van der Waals surface area contributed by atoms with Crippen LogP contribution < -0.4 is 5.32 Å². The first-order valence-corrected chi connectivity index (χ1v) is 10.9. The van der Waals surface area contributed by atoms with Crippen molar-refractivity contribution in [3.05, 3.63) is 0 Å². The van der Waals surface area contributed by atoms with Crippen LogP contribution in [0.5, 0.6) is 0 Å². The topological polar surface area (TPSA) is 81.7 Å². The Morgan fingerprint density at radius 3 is 2.54 bits per heavy atom. The van der Waals surface area contributed by atoms with Crippen molar-refractivity contribution in [3.8, 4) is 0 Å². The summed E-state index contributed by atoms with van der Waals surface area (Å²) in [6.45, 7) is 7.88. The number of fused-ring (bicyclic) bond motifs is 1. The lowest BCUT2D eigenvalue weighted by molar-refractivity contribution is -0.178. The van der Waals surface area contributed by atoms with Crippen molar-refractivity contribution < 1.29 is 23.9 Å². The molecule has 6 heteroatoms. The maximum atomic E-state index is 13.3. The summed E-state index contributed by atoms with van der Waals surface area (Å²) in [5, 5.41) is 3.13. The smallest absolute Gasteiger partial charge is 0.324 e. The number of carbonyl (C=O) groups excluding carboxylic acids is 3. The molecule has 4 fully saturated rings. The Balaban J connectivity index is 1.52. The van der Waals surface area contributed by atoms with Gasteiger partial charge in [-0.2, -0.15) is 0 Å². The number of hydrogen-bond donors (Lipinski definition) is 1. The van der Waals surface area contributed by atoms with Crippen LogP contribution in [0, 0.1) is 22.7 Å². The second-order valence-corrected chi connectivity index (χ2v) is 10.0. The Hall–Kier alpha value is -1.59. The first kappa shape index (κ1) is 19.7. The lowest BCUT2D eigenvalue weighted by atomic mass is 9.72. The van der Waals surface area contributed by atoms with Crippen molar-refractivity contribution >= 4 is 17.8 Å². The normalized spacial score (nSPS) is 37.8. The molecule has 4 aliphatic rings. The number of amides is 1. The third-order valence-electron chi connectivity index (χ3n) is 8.27. The molecule has 0 aromatic rings. The second-order valence-electron chi connectivity index (χ2n) is 10.0. The fraction of sp³-hybridized carbons (Fsp3) is 0.864. The molecule has 6 nitrogen and oxygen atoms in total. The van der Waals surface area contributed by atoms with E-state index in [1.54, 1.807) is 0 Å². The molecule has 1 aliphatic heterocycles. The van der Waals surface area contributed by atoms with Crippen molar-refractivity contribution in [2.24, 2.45) is 22.7 Å². The van der Waals surface area contributed by atoms with Crippen LogP contribution in [0.4, 0.5) is 0 Å². The minimum absolute atomic E-state index is 0.0143. The molecule has 4 rings (SSSR count). The van der Waals surface area contributed by atoms with E-state index >= 15 is 0 Å². The molecule has 1 saturated heterocycles. The van der Waals surface area contributed by atoms with E-state index in [-0.39, 0.29) is 29.8 Å². The maximum Gasteiger partial charge on any atom is 0.324 e. The Morgan fingerprint density at radius 1 is 1.25 bits per heavy atom. The summed E-state index contributed by atoms with van der Waals surface area (Å²) in [6.07, 6.45) is 6.17. The van der Waals surface area contributed by atoms with Gasteiger partial charge in [0.1, 0.15) is 11.7 Å². The number of esters is 2. The third-order valence-corrected chi connectivity index (χ3v) is 8.27. The van der Waals surface area contributed by atoms with Gasteiger partial charge < -0.3 is 14.8 Å². The molecule has 156 valence electrons. The van der Waals surface area contributed by atoms with Gasteiger partial charge in [-0.15, -0.1) is 0 Å². The number of ether oxygens (including phenoxy) is 2. The molecule has 0 radical (unpaired) electrons. The molecule has 3 saturated carbocycles. The molecule has 0 aromatic heterocycles. The summed E-state index contributed by atoms with van der Waals surface area (Å²) >= 11 is 0. The van der Waals surface area contributed by atoms with Crippen LogP contribution in [0.25, 0.3) is 0 Å². The quantitative estimate of drug-likeness (QED) is 0.556. The van der Waals surface area contributed by atoms with Crippen LogP contribution in [0.15, 0.2) is 0 Å².